The number of hydrogen-bond acceptors (Lipinski definition) is 6. The molecule has 1 aliphatic rings. The first kappa shape index (κ1) is 16.2. The van der Waals surface area contributed by atoms with Gasteiger partial charge in [0.2, 0.25) is 5.95 Å². The second kappa shape index (κ2) is 6.53. The fourth-order valence-corrected chi connectivity index (χ4v) is 3.83. The molecule has 0 aliphatic carbocycles. The lowest BCUT2D eigenvalue weighted by Crippen LogP contribution is -2.18. The first-order valence-corrected chi connectivity index (χ1v) is 9.10. The summed E-state index contributed by atoms with van der Waals surface area (Å²) >= 11 is 7.87. The summed E-state index contributed by atoms with van der Waals surface area (Å²) in [5, 5.41) is 16.3. The lowest BCUT2D eigenvalue weighted by molar-refractivity contribution is 0.102. The lowest BCUT2D eigenvalue weighted by Gasteiger charge is -2.14. The molecule has 25 heavy (non-hydrogen) atoms. The minimum absolute atomic E-state index is 0.342. The number of thioether (sulfide) groups is 1. The first-order valence-electron chi connectivity index (χ1n) is 7.73. The van der Waals surface area contributed by atoms with E-state index in [-0.39, 0.29) is 5.91 Å². The van der Waals surface area contributed by atoms with Gasteiger partial charge in [0.15, 0.2) is 5.16 Å². The molecule has 1 N–H and O–H groups in total. The summed E-state index contributed by atoms with van der Waals surface area (Å²) < 4.78 is 7.15. The quantitative estimate of drug-likeness (QED) is 0.752. The molecule has 0 saturated heterocycles. The van der Waals surface area contributed by atoms with Crippen LogP contribution in [0.1, 0.15) is 22.5 Å². The summed E-state index contributed by atoms with van der Waals surface area (Å²) in [6, 6.07) is 7.19. The van der Waals surface area contributed by atoms with Gasteiger partial charge in [-0.15, -0.1) is 10.2 Å². The van der Waals surface area contributed by atoms with Crippen LogP contribution in [0.25, 0.3) is 11.3 Å². The fourth-order valence-electron chi connectivity index (χ4n) is 2.72. The lowest BCUT2D eigenvalue weighted by atomic mass is 10.1. The van der Waals surface area contributed by atoms with Crippen molar-refractivity contribution in [1.29, 1.82) is 0 Å². The van der Waals surface area contributed by atoms with Gasteiger partial charge in [-0.1, -0.05) is 46.7 Å². The molecule has 2 aromatic heterocycles. The van der Waals surface area contributed by atoms with Crippen LogP contribution >= 0.6 is 23.4 Å². The maximum Gasteiger partial charge on any atom is 0.263 e. The molecule has 9 heteroatoms. The Hall–Kier alpha value is -2.32. The SMILES string of the molecule is Cc1onc(-c2ccccc2Cl)c1C(=O)Nc1nnc2n1CCCS2. The van der Waals surface area contributed by atoms with Gasteiger partial charge in [0.05, 0.1) is 5.02 Å². The highest BCUT2D eigenvalue weighted by molar-refractivity contribution is 7.99. The van der Waals surface area contributed by atoms with E-state index < -0.39 is 0 Å². The van der Waals surface area contributed by atoms with Gasteiger partial charge in [-0.25, -0.2) is 0 Å². The first-order chi connectivity index (χ1) is 12.1. The van der Waals surface area contributed by atoms with Crippen molar-refractivity contribution >= 4 is 35.2 Å². The molecule has 4 rings (SSSR count). The van der Waals surface area contributed by atoms with Crippen molar-refractivity contribution in [1.82, 2.24) is 19.9 Å². The molecule has 0 spiro atoms. The number of amides is 1. The topological polar surface area (TPSA) is 85.8 Å². The Labute approximate surface area is 152 Å². The number of fused-ring (bicyclic) bond motifs is 1. The zero-order chi connectivity index (χ0) is 17.4. The molecule has 0 fully saturated rings. The Morgan fingerprint density at radius 2 is 2.20 bits per heavy atom. The maximum absolute atomic E-state index is 12.8. The van der Waals surface area contributed by atoms with Gasteiger partial charge in [0.25, 0.3) is 5.91 Å². The van der Waals surface area contributed by atoms with Gasteiger partial charge >= 0.3 is 0 Å². The Bertz CT molecular complexity index is 952. The van der Waals surface area contributed by atoms with Crippen molar-refractivity contribution in [2.75, 3.05) is 11.1 Å². The molecule has 1 aliphatic heterocycles. The van der Waals surface area contributed by atoms with E-state index in [4.69, 9.17) is 16.1 Å². The summed E-state index contributed by atoms with van der Waals surface area (Å²) in [5.74, 6) is 1.51. The van der Waals surface area contributed by atoms with Gasteiger partial charge in [0, 0.05) is 17.9 Å². The number of hydrogen-bond donors (Lipinski definition) is 1. The average molecular weight is 376 g/mol. The van der Waals surface area contributed by atoms with E-state index in [0.717, 1.165) is 23.9 Å². The van der Waals surface area contributed by atoms with Crippen molar-refractivity contribution in [2.45, 2.75) is 25.0 Å². The van der Waals surface area contributed by atoms with Crippen LogP contribution in [0, 0.1) is 6.92 Å². The summed E-state index contributed by atoms with van der Waals surface area (Å²) in [6.07, 6.45) is 1.01. The van der Waals surface area contributed by atoms with Crippen LogP contribution < -0.4 is 5.32 Å². The fraction of sp³-hybridized carbons (Fsp3) is 0.250. The minimum atomic E-state index is -0.348. The Balaban J connectivity index is 1.69. The Morgan fingerprint density at radius 1 is 1.36 bits per heavy atom. The number of rotatable bonds is 3. The van der Waals surface area contributed by atoms with Gasteiger partial charge in [-0.2, -0.15) is 0 Å². The maximum atomic E-state index is 12.8. The number of halogens is 1. The van der Waals surface area contributed by atoms with Gasteiger partial charge < -0.3 is 4.52 Å². The molecule has 0 atom stereocenters. The second-order valence-electron chi connectivity index (χ2n) is 5.56. The van der Waals surface area contributed by atoms with Gasteiger partial charge in [-0.3, -0.25) is 14.7 Å². The molecule has 0 bridgehead atoms. The van der Waals surface area contributed by atoms with E-state index in [1.807, 2.05) is 16.7 Å². The van der Waals surface area contributed by atoms with Crippen LogP contribution in [0.15, 0.2) is 33.9 Å². The molecule has 1 amide bonds. The molecule has 128 valence electrons. The van der Waals surface area contributed by atoms with Crippen LogP contribution in [0.3, 0.4) is 0 Å². The van der Waals surface area contributed by atoms with Gasteiger partial charge in [-0.05, 0) is 19.4 Å². The van der Waals surface area contributed by atoms with Crippen molar-refractivity contribution in [2.24, 2.45) is 0 Å². The van der Waals surface area contributed by atoms with E-state index in [9.17, 15) is 4.79 Å². The van der Waals surface area contributed by atoms with Crippen molar-refractivity contribution < 1.29 is 9.32 Å². The van der Waals surface area contributed by atoms with E-state index in [0.29, 0.717) is 33.6 Å². The van der Waals surface area contributed by atoms with Crippen LogP contribution in [-0.2, 0) is 6.54 Å². The van der Waals surface area contributed by atoms with Crippen molar-refractivity contribution in [3.05, 3.63) is 40.6 Å². The normalized spacial score (nSPS) is 13.5. The summed E-state index contributed by atoms with van der Waals surface area (Å²) in [7, 11) is 0. The number of benzene rings is 1. The molecule has 0 unspecified atom stereocenters. The second-order valence-corrected chi connectivity index (χ2v) is 7.03. The highest BCUT2D eigenvalue weighted by Crippen LogP contribution is 2.32. The molecule has 3 heterocycles. The smallest absolute Gasteiger partial charge is 0.263 e. The number of carbonyl (C=O) groups excluding carboxylic acids is 1. The van der Waals surface area contributed by atoms with Crippen LogP contribution in [0.4, 0.5) is 5.95 Å². The molecule has 7 nitrogen and oxygen atoms in total. The largest absolute Gasteiger partial charge is 0.360 e. The number of aryl methyl sites for hydroxylation is 1. The summed E-state index contributed by atoms with van der Waals surface area (Å²) in [5.41, 5.74) is 1.40. The predicted molar refractivity (Wildman–Crippen MR) is 95.0 cm³/mol. The van der Waals surface area contributed by atoms with Crippen LogP contribution in [0.5, 0.6) is 0 Å². The number of nitrogens with one attached hydrogen (secondary N) is 1. The summed E-state index contributed by atoms with van der Waals surface area (Å²) in [6.45, 7) is 2.47. The molecule has 1 aromatic carbocycles. The molecular weight excluding hydrogens is 362 g/mol. The van der Waals surface area contributed by atoms with Gasteiger partial charge in [0.1, 0.15) is 17.0 Å². The summed E-state index contributed by atoms with van der Waals surface area (Å²) in [4.78, 5) is 12.8. The van der Waals surface area contributed by atoms with Crippen LogP contribution in [-0.4, -0.2) is 31.6 Å². The van der Waals surface area contributed by atoms with Crippen molar-refractivity contribution in [3.8, 4) is 11.3 Å². The third-order valence-corrected chi connectivity index (χ3v) is 5.30. The molecular formula is C16H14ClN5O2S. The molecule has 3 aromatic rings. The molecule has 0 saturated carbocycles. The highest BCUT2D eigenvalue weighted by atomic mass is 35.5. The standard InChI is InChI=1S/C16H14ClN5O2S/c1-9-12(13(21-24-9)10-5-2-3-6-11(10)17)14(23)18-15-19-20-16-22(15)7-4-8-25-16/h2-3,5-6H,4,7-8H2,1H3,(H,18,19,23). The molecule has 0 radical (unpaired) electrons. The zero-order valence-electron chi connectivity index (χ0n) is 13.3. The number of aromatic nitrogens is 4. The van der Waals surface area contributed by atoms with E-state index in [1.165, 1.54) is 0 Å². The third kappa shape index (κ3) is 2.91. The van der Waals surface area contributed by atoms with Crippen LogP contribution in [0.2, 0.25) is 5.02 Å². The van der Waals surface area contributed by atoms with Crippen molar-refractivity contribution in [3.63, 3.8) is 0 Å². The number of nitrogens with zero attached hydrogens (tertiary/aromatic N) is 4. The average Bonchev–Trinajstić information content (AvgIpc) is 3.19. The highest BCUT2D eigenvalue weighted by Gasteiger charge is 2.25. The van der Waals surface area contributed by atoms with E-state index >= 15 is 0 Å². The number of anilines is 1. The minimum Gasteiger partial charge on any atom is -0.360 e. The monoisotopic (exact) mass is 375 g/mol. The Morgan fingerprint density at radius 3 is 3.04 bits per heavy atom. The van der Waals surface area contributed by atoms with E-state index in [1.54, 1.807) is 30.8 Å². The Kier molecular flexibility index (Phi) is 4.22. The predicted octanol–water partition coefficient (Wildman–Crippen LogP) is 3.64. The van der Waals surface area contributed by atoms with E-state index in [2.05, 4.69) is 20.7 Å². The zero-order valence-corrected chi connectivity index (χ0v) is 14.9. The number of carbonyl (C=O) groups is 1. The third-order valence-electron chi connectivity index (χ3n) is 3.92.